The second-order valence-corrected chi connectivity index (χ2v) is 6.78. The minimum absolute atomic E-state index is 0.0831. The molecule has 0 aliphatic carbocycles. The van der Waals surface area contributed by atoms with Crippen molar-refractivity contribution in [2.45, 2.75) is 25.7 Å². The monoisotopic (exact) mass is 422 g/mol. The van der Waals surface area contributed by atoms with Crippen molar-refractivity contribution in [2.24, 2.45) is 5.73 Å². The molecule has 162 valence electrons. The molecule has 9 heteroatoms. The number of ether oxygens (including phenoxy) is 2. The summed E-state index contributed by atoms with van der Waals surface area (Å²) >= 11 is 0. The van der Waals surface area contributed by atoms with Crippen molar-refractivity contribution in [3.8, 4) is 5.75 Å². The molecule has 0 amide bonds. The predicted octanol–water partition coefficient (Wildman–Crippen LogP) is 1.75. The van der Waals surface area contributed by atoms with E-state index in [-0.39, 0.29) is 12.6 Å². The summed E-state index contributed by atoms with van der Waals surface area (Å²) in [5.41, 5.74) is 8.80. The van der Waals surface area contributed by atoms with E-state index in [4.69, 9.17) is 15.2 Å². The average molecular weight is 422 g/mol. The SMILES string of the molecule is C=CCOc1ccc(C(NCc2cccc(CN)c2)c2nnnn2CC(=O)OC)cc1. The van der Waals surface area contributed by atoms with Crippen LogP contribution in [0.25, 0.3) is 0 Å². The van der Waals surface area contributed by atoms with Gasteiger partial charge in [-0.25, -0.2) is 4.68 Å². The fraction of sp³-hybridized carbons (Fsp3) is 0.273. The van der Waals surface area contributed by atoms with Crippen LogP contribution in [0.1, 0.15) is 28.6 Å². The summed E-state index contributed by atoms with van der Waals surface area (Å²) in [5, 5.41) is 15.4. The first-order valence-electron chi connectivity index (χ1n) is 9.82. The van der Waals surface area contributed by atoms with Crippen LogP contribution in [0.2, 0.25) is 0 Å². The molecule has 0 aliphatic rings. The van der Waals surface area contributed by atoms with Gasteiger partial charge < -0.3 is 15.2 Å². The third kappa shape index (κ3) is 5.97. The van der Waals surface area contributed by atoms with Gasteiger partial charge in [-0.15, -0.1) is 5.10 Å². The molecule has 2 aromatic carbocycles. The predicted molar refractivity (Wildman–Crippen MR) is 115 cm³/mol. The van der Waals surface area contributed by atoms with Crippen molar-refractivity contribution in [1.82, 2.24) is 25.5 Å². The number of aromatic nitrogens is 4. The van der Waals surface area contributed by atoms with E-state index in [0.717, 1.165) is 22.4 Å². The number of hydrogen-bond acceptors (Lipinski definition) is 8. The van der Waals surface area contributed by atoms with Crippen LogP contribution in [-0.2, 0) is 29.2 Å². The highest BCUT2D eigenvalue weighted by atomic mass is 16.5. The number of carbonyl (C=O) groups excluding carboxylic acids is 1. The lowest BCUT2D eigenvalue weighted by atomic mass is 10.0. The average Bonchev–Trinajstić information content (AvgIpc) is 3.26. The molecule has 9 nitrogen and oxygen atoms in total. The highest BCUT2D eigenvalue weighted by Gasteiger charge is 2.22. The van der Waals surface area contributed by atoms with Crippen LogP contribution in [0, 0.1) is 0 Å². The van der Waals surface area contributed by atoms with Crippen LogP contribution in [0.4, 0.5) is 0 Å². The summed E-state index contributed by atoms with van der Waals surface area (Å²) in [6.07, 6.45) is 1.69. The first-order chi connectivity index (χ1) is 15.1. The van der Waals surface area contributed by atoms with Crippen molar-refractivity contribution in [3.05, 3.63) is 83.7 Å². The highest BCUT2D eigenvalue weighted by molar-refractivity contribution is 5.68. The van der Waals surface area contributed by atoms with E-state index in [9.17, 15) is 4.79 Å². The van der Waals surface area contributed by atoms with Crippen molar-refractivity contribution >= 4 is 5.97 Å². The Morgan fingerprint density at radius 1 is 1.26 bits per heavy atom. The molecular formula is C22H26N6O3. The molecule has 31 heavy (non-hydrogen) atoms. The largest absolute Gasteiger partial charge is 0.490 e. The third-order valence-corrected chi connectivity index (χ3v) is 4.64. The number of benzene rings is 2. The lowest BCUT2D eigenvalue weighted by Crippen LogP contribution is -2.27. The second kappa shape index (κ2) is 11.0. The molecule has 0 bridgehead atoms. The molecule has 0 saturated heterocycles. The molecule has 1 unspecified atom stereocenters. The first kappa shape index (κ1) is 22.1. The van der Waals surface area contributed by atoms with Crippen LogP contribution >= 0.6 is 0 Å². The molecular weight excluding hydrogens is 396 g/mol. The molecule has 0 saturated carbocycles. The summed E-state index contributed by atoms with van der Waals surface area (Å²) in [6, 6.07) is 15.3. The molecule has 3 N–H and O–H groups in total. The highest BCUT2D eigenvalue weighted by Crippen LogP contribution is 2.23. The Hall–Kier alpha value is -3.56. The Morgan fingerprint density at radius 2 is 2.03 bits per heavy atom. The molecule has 0 fully saturated rings. The Bertz CT molecular complexity index is 1000. The van der Waals surface area contributed by atoms with Crippen molar-refractivity contribution in [2.75, 3.05) is 13.7 Å². The zero-order chi connectivity index (χ0) is 22.1. The van der Waals surface area contributed by atoms with Gasteiger partial charge in [0.05, 0.1) is 13.2 Å². The zero-order valence-corrected chi connectivity index (χ0v) is 17.4. The summed E-state index contributed by atoms with van der Waals surface area (Å²) in [6.45, 7) is 5.03. The minimum Gasteiger partial charge on any atom is -0.490 e. The third-order valence-electron chi connectivity index (χ3n) is 4.64. The number of esters is 1. The van der Waals surface area contributed by atoms with E-state index in [1.165, 1.54) is 11.8 Å². The van der Waals surface area contributed by atoms with E-state index >= 15 is 0 Å². The number of methoxy groups -OCH3 is 1. The van der Waals surface area contributed by atoms with Gasteiger partial charge in [0.2, 0.25) is 0 Å². The quantitative estimate of drug-likeness (QED) is 0.355. The van der Waals surface area contributed by atoms with Crippen molar-refractivity contribution in [3.63, 3.8) is 0 Å². The maximum Gasteiger partial charge on any atom is 0.327 e. The molecule has 0 spiro atoms. The molecule has 1 heterocycles. The van der Waals surface area contributed by atoms with Crippen molar-refractivity contribution < 1.29 is 14.3 Å². The molecule has 3 aromatic rings. The van der Waals surface area contributed by atoms with Gasteiger partial charge in [0.15, 0.2) is 5.82 Å². The van der Waals surface area contributed by atoms with E-state index in [1.807, 2.05) is 48.5 Å². The zero-order valence-electron chi connectivity index (χ0n) is 17.4. The van der Waals surface area contributed by atoms with Gasteiger partial charge in [-0.05, 0) is 39.2 Å². The number of nitrogens with one attached hydrogen (secondary N) is 1. The van der Waals surface area contributed by atoms with Crippen LogP contribution < -0.4 is 15.8 Å². The Labute approximate surface area is 180 Å². The smallest absolute Gasteiger partial charge is 0.327 e. The molecule has 0 radical (unpaired) electrons. The van der Waals surface area contributed by atoms with Crippen molar-refractivity contribution in [1.29, 1.82) is 0 Å². The van der Waals surface area contributed by atoms with E-state index in [1.54, 1.807) is 6.08 Å². The molecule has 1 aromatic heterocycles. The number of carbonyl (C=O) groups is 1. The summed E-state index contributed by atoms with van der Waals surface area (Å²) < 4.78 is 11.8. The normalized spacial score (nSPS) is 11.7. The van der Waals surface area contributed by atoms with Crippen LogP contribution in [-0.4, -0.2) is 39.9 Å². The van der Waals surface area contributed by atoms with Gasteiger partial charge in [-0.2, -0.15) is 0 Å². The maximum absolute atomic E-state index is 11.8. The van der Waals surface area contributed by atoms with Crippen LogP contribution in [0.5, 0.6) is 5.75 Å². The fourth-order valence-electron chi connectivity index (χ4n) is 3.07. The van der Waals surface area contributed by atoms with E-state index in [0.29, 0.717) is 25.5 Å². The number of rotatable bonds is 11. The van der Waals surface area contributed by atoms with Gasteiger partial charge in [-0.1, -0.05) is 49.1 Å². The molecule has 1 atom stereocenters. The summed E-state index contributed by atoms with van der Waals surface area (Å²) in [4.78, 5) is 11.8. The second-order valence-electron chi connectivity index (χ2n) is 6.78. The molecule has 3 rings (SSSR count). The maximum atomic E-state index is 11.8. The summed E-state index contributed by atoms with van der Waals surface area (Å²) in [7, 11) is 1.33. The van der Waals surface area contributed by atoms with E-state index in [2.05, 4.69) is 27.4 Å². The number of nitrogens with two attached hydrogens (primary N) is 1. The van der Waals surface area contributed by atoms with Gasteiger partial charge >= 0.3 is 5.97 Å². The molecule has 0 aliphatic heterocycles. The van der Waals surface area contributed by atoms with Crippen LogP contribution in [0.15, 0.2) is 61.2 Å². The van der Waals surface area contributed by atoms with Gasteiger partial charge in [0.1, 0.15) is 18.9 Å². The van der Waals surface area contributed by atoms with Gasteiger partial charge in [-0.3, -0.25) is 10.1 Å². The lowest BCUT2D eigenvalue weighted by molar-refractivity contribution is -0.141. The van der Waals surface area contributed by atoms with Gasteiger partial charge in [0, 0.05) is 13.1 Å². The first-order valence-corrected chi connectivity index (χ1v) is 9.82. The fourth-order valence-corrected chi connectivity index (χ4v) is 3.07. The topological polar surface area (TPSA) is 117 Å². The van der Waals surface area contributed by atoms with E-state index < -0.39 is 5.97 Å². The Morgan fingerprint density at radius 3 is 2.74 bits per heavy atom. The van der Waals surface area contributed by atoms with Gasteiger partial charge in [0.25, 0.3) is 0 Å². The minimum atomic E-state index is -0.434. The Balaban J connectivity index is 1.87. The number of tetrazole rings is 1. The number of hydrogen-bond donors (Lipinski definition) is 2. The standard InChI is InChI=1S/C22H26N6O3/c1-3-11-31-19-9-7-18(8-10-19)21(22-25-26-27-28(22)15-20(29)30-2)24-14-17-6-4-5-16(12-17)13-23/h3-10,12,21,24H,1,11,13-15,23H2,2H3. The lowest BCUT2D eigenvalue weighted by Gasteiger charge is -2.19. The number of nitrogens with zero attached hydrogens (tertiary/aromatic N) is 4. The summed E-state index contributed by atoms with van der Waals surface area (Å²) in [5.74, 6) is 0.795. The van der Waals surface area contributed by atoms with Crippen LogP contribution in [0.3, 0.4) is 0 Å². The Kier molecular flexibility index (Phi) is 7.85.